The van der Waals surface area contributed by atoms with Crippen molar-refractivity contribution in [3.05, 3.63) is 0 Å². The molecule has 0 spiro atoms. The van der Waals surface area contributed by atoms with Gasteiger partial charge >= 0.3 is 0 Å². The Labute approximate surface area is 118 Å². The number of thiol groups is 1. The Kier molecular flexibility index (Phi) is 5.13. The van der Waals surface area contributed by atoms with Crippen LogP contribution in [0.1, 0.15) is 32.1 Å². The summed E-state index contributed by atoms with van der Waals surface area (Å²) < 4.78 is 0. The zero-order valence-corrected chi connectivity index (χ0v) is 13.0. The number of hydrogen-bond acceptors (Lipinski definition) is 2. The van der Waals surface area contributed by atoms with Crippen molar-refractivity contribution >= 4 is 22.0 Å². The first-order valence-electron chi connectivity index (χ1n) is 7.32. The lowest BCUT2D eigenvalue weighted by atomic mass is 10.0. The van der Waals surface area contributed by atoms with Crippen LogP contribution < -0.4 is 0 Å². The van der Waals surface area contributed by atoms with Crippen LogP contribution in [0.25, 0.3) is 0 Å². The van der Waals surface area contributed by atoms with Gasteiger partial charge in [-0.25, -0.2) is 0 Å². The van der Waals surface area contributed by atoms with Gasteiger partial charge in [0.1, 0.15) is 0 Å². The Morgan fingerprint density at radius 2 is 1.74 bits per heavy atom. The number of hydrogen-bond donors (Lipinski definition) is 1. The lowest BCUT2D eigenvalue weighted by Crippen LogP contribution is -2.37. The van der Waals surface area contributed by atoms with Gasteiger partial charge in [-0.15, -0.1) is 0 Å². The summed E-state index contributed by atoms with van der Waals surface area (Å²) in [5.41, 5.74) is 0. The van der Waals surface area contributed by atoms with Crippen LogP contribution in [0.15, 0.2) is 0 Å². The maximum Gasteiger partial charge on any atom is 0.261 e. The molecule has 2 aliphatic heterocycles. The molecule has 1 atom stereocenters. The van der Waals surface area contributed by atoms with Gasteiger partial charge in [0.25, 0.3) is 5.24 Å². The van der Waals surface area contributed by atoms with Gasteiger partial charge < -0.3 is 9.80 Å². The van der Waals surface area contributed by atoms with Crippen LogP contribution in [0.2, 0.25) is 0 Å². The minimum absolute atomic E-state index is 0.294. The molecular formula is C14H26N2O2S. The van der Waals surface area contributed by atoms with E-state index in [9.17, 15) is 9.59 Å². The zero-order chi connectivity index (χ0) is 13.8. The molecule has 5 heteroatoms. The predicted molar refractivity (Wildman–Crippen MR) is 81.0 cm³/mol. The molecule has 19 heavy (non-hydrogen) atoms. The van der Waals surface area contributed by atoms with E-state index < -0.39 is 10.9 Å². The van der Waals surface area contributed by atoms with Crippen molar-refractivity contribution < 1.29 is 9.59 Å². The van der Waals surface area contributed by atoms with Gasteiger partial charge in [-0.05, 0) is 44.1 Å². The second-order valence-corrected chi connectivity index (χ2v) is 8.09. The van der Waals surface area contributed by atoms with E-state index in [0.717, 1.165) is 45.4 Å². The standard InChI is InChI=1S/C14H26N2O2S/c1-19(2)14(18)16-9-6-12(11-16)10-13(17)15-7-4-3-5-8-15/h12,19H,3-11H2,1-2H3. The van der Waals surface area contributed by atoms with Gasteiger partial charge in [0.2, 0.25) is 5.91 Å². The highest BCUT2D eigenvalue weighted by Crippen LogP contribution is 2.27. The summed E-state index contributed by atoms with van der Waals surface area (Å²) in [5.74, 6) is 0.683. The maximum absolute atomic E-state index is 12.2. The minimum Gasteiger partial charge on any atom is -0.343 e. The van der Waals surface area contributed by atoms with E-state index in [1.165, 1.54) is 6.42 Å². The monoisotopic (exact) mass is 286 g/mol. The van der Waals surface area contributed by atoms with Crippen LogP contribution >= 0.6 is 10.9 Å². The van der Waals surface area contributed by atoms with Crippen molar-refractivity contribution in [1.82, 2.24) is 9.80 Å². The SMILES string of the molecule is C[SH](C)C(=O)N1CCC(CC(=O)N2CCCCC2)C1. The molecule has 0 aromatic rings. The summed E-state index contributed by atoms with van der Waals surface area (Å²) in [6, 6.07) is 0. The van der Waals surface area contributed by atoms with Crippen molar-refractivity contribution in [3.63, 3.8) is 0 Å². The third-order valence-corrected chi connectivity index (χ3v) is 5.16. The van der Waals surface area contributed by atoms with Gasteiger partial charge in [-0.2, -0.15) is 10.9 Å². The highest BCUT2D eigenvalue weighted by atomic mass is 32.2. The van der Waals surface area contributed by atoms with Crippen molar-refractivity contribution in [1.29, 1.82) is 0 Å². The third kappa shape index (κ3) is 3.88. The second kappa shape index (κ2) is 6.64. The summed E-state index contributed by atoms with van der Waals surface area (Å²) in [6.07, 6.45) is 9.19. The summed E-state index contributed by atoms with van der Waals surface area (Å²) in [7, 11) is -0.533. The molecule has 0 radical (unpaired) electrons. The van der Waals surface area contributed by atoms with Gasteiger partial charge in [0.05, 0.1) is 0 Å². The van der Waals surface area contributed by atoms with Gasteiger partial charge in [-0.1, -0.05) is 0 Å². The highest BCUT2D eigenvalue weighted by molar-refractivity contribution is 8.28. The van der Waals surface area contributed by atoms with Crippen LogP contribution in [0, 0.1) is 5.92 Å². The summed E-state index contributed by atoms with van der Waals surface area (Å²) in [5, 5.41) is 0.294. The van der Waals surface area contributed by atoms with Crippen LogP contribution in [0.5, 0.6) is 0 Å². The summed E-state index contributed by atoms with van der Waals surface area (Å²) in [6.45, 7) is 3.50. The van der Waals surface area contributed by atoms with Gasteiger partial charge in [0, 0.05) is 32.6 Å². The molecule has 0 aromatic carbocycles. The average molecular weight is 286 g/mol. The number of carbonyl (C=O) groups excluding carboxylic acids is 2. The third-order valence-electron chi connectivity index (χ3n) is 4.11. The van der Waals surface area contributed by atoms with Crippen molar-refractivity contribution in [3.8, 4) is 0 Å². The molecule has 0 bridgehead atoms. The number of amides is 2. The Balaban J connectivity index is 1.78. The number of nitrogens with zero attached hydrogens (tertiary/aromatic N) is 2. The highest BCUT2D eigenvalue weighted by Gasteiger charge is 2.29. The molecule has 2 rings (SSSR count). The van der Waals surface area contributed by atoms with Crippen LogP contribution in [-0.2, 0) is 4.79 Å². The molecule has 2 amide bonds. The van der Waals surface area contributed by atoms with Gasteiger partial charge in [0.15, 0.2) is 0 Å². The van der Waals surface area contributed by atoms with Crippen LogP contribution in [0.4, 0.5) is 4.79 Å². The number of carbonyl (C=O) groups is 2. The lowest BCUT2D eigenvalue weighted by Gasteiger charge is -2.28. The molecule has 110 valence electrons. The Hall–Kier alpha value is -0.710. The lowest BCUT2D eigenvalue weighted by molar-refractivity contribution is -0.133. The molecule has 0 saturated carbocycles. The first kappa shape index (κ1) is 14.7. The molecule has 2 aliphatic rings. The Morgan fingerprint density at radius 1 is 1.05 bits per heavy atom. The fraction of sp³-hybridized carbons (Fsp3) is 0.857. The maximum atomic E-state index is 12.2. The van der Waals surface area contributed by atoms with Crippen LogP contribution in [-0.4, -0.2) is 59.6 Å². The molecule has 4 nitrogen and oxygen atoms in total. The molecule has 0 aliphatic carbocycles. The predicted octanol–water partition coefficient (Wildman–Crippen LogP) is 2.09. The largest absolute Gasteiger partial charge is 0.343 e. The van der Waals surface area contributed by atoms with E-state index in [1.54, 1.807) is 0 Å². The second-order valence-electron chi connectivity index (χ2n) is 5.92. The van der Waals surface area contributed by atoms with Crippen molar-refractivity contribution in [2.45, 2.75) is 32.1 Å². The fourth-order valence-electron chi connectivity index (χ4n) is 2.98. The van der Waals surface area contributed by atoms with Crippen molar-refractivity contribution in [2.24, 2.45) is 5.92 Å². The topological polar surface area (TPSA) is 40.6 Å². The normalized spacial score (nSPS) is 24.5. The minimum atomic E-state index is -0.533. The number of rotatable bonds is 2. The van der Waals surface area contributed by atoms with Crippen LogP contribution in [0.3, 0.4) is 0 Å². The zero-order valence-electron chi connectivity index (χ0n) is 12.1. The van der Waals surface area contributed by atoms with Gasteiger partial charge in [-0.3, -0.25) is 9.59 Å². The van der Waals surface area contributed by atoms with E-state index in [4.69, 9.17) is 0 Å². The first-order valence-corrected chi connectivity index (χ1v) is 9.55. The number of likely N-dealkylation sites (tertiary alicyclic amines) is 2. The fourth-order valence-corrected chi connectivity index (χ4v) is 3.72. The number of piperidine rings is 1. The van der Waals surface area contributed by atoms with E-state index in [1.807, 2.05) is 22.3 Å². The molecule has 1 unspecified atom stereocenters. The molecule has 2 fully saturated rings. The van der Waals surface area contributed by atoms with Crippen molar-refractivity contribution in [2.75, 3.05) is 38.7 Å². The average Bonchev–Trinajstić information content (AvgIpc) is 2.87. The quantitative estimate of drug-likeness (QED) is 0.790. The van der Waals surface area contributed by atoms with E-state index >= 15 is 0 Å². The van der Waals surface area contributed by atoms with E-state index in [0.29, 0.717) is 23.5 Å². The molecular weight excluding hydrogens is 260 g/mol. The first-order chi connectivity index (χ1) is 9.08. The van der Waals surface area contributed by atoms with E-state index in [-0.39, 0.29) is 0 Å². The summed E-state index contributed by atoms with van der Waals surface area (Å²) >= 11 is 0. The molecule has 0 N–H and O–H groups in total. The Morgan fingerprint density at radius 3 is 2.37 bits per heavy atom. The molecule has 0 aromatic heterocycles. The molecule has 2 saturated heterocycles. The molecule has 2 heterocycles. The summed E-state index contributed by atoms with van der Waals surface area (Å²) in [4.78, 5) is 28.1. The van der Waals surface area contributed by atoms with E-state index in [2.05, 4.69) is 0 Å². The smallest absolute Gasteiger partial charge is 0.261 e. The Bertz CT molecular complexity index is 340.